The van der Waals surface area contributed by atoms with E-state index in [1.165, 1.54) is 22.2 Å². The Bertz CT molecular complexity index is 1050. The van der Waals surface area contributed by atoms with Crippen LogP contribution in [0.25, 0.3) is 10.9 Å². The van der Waals surface area contributed by atoms with Crippen LogP contribution in [0.1, 0.15) is 46.9 Å². The van der Waals surface area contributed by atoms with Gasteiger partial charge in [-0.15, -0.1) is 0 Å². The van der Waals surface area contributed by atoms with E-state index in [9.17, 15) is 4.79 Å². The highest BCUT2D eigenvalue weighted by molar-refractivity contribution is 5.89. The van der Waals surface area contributed by atoms with Crippen molar-refractivity contribution in [1.29, 1.82) is 0 Å². The van der Waals surface area contributed by atoms with Crippen molar-refractivity contribution < 1.29 is 9.53 Å². The molecule has 31 heavy (non-hydrogen) atoms. The summed E-state index contributed by atoms with van der Waals surface area (Å²) in [7, 11) is 0. The molecule has 1 saturated heterocycles. The van der Waals surface area contributed by atoms with Gasteiger partial charge in [-0.2, -0.15) is 0 Å². The molecule has 1 fully saturated rings. The fourth-order valence-electron chi connectivity index (χ4n) is 4.58. The monoisotopic (exact) mass is 420 g/mol. The quantitative estimate of drug-likeness (QED) is 0.562. The van der Waals surface area contributed by atoms with Crippen molar-refractivity contribution in [3.05, 3.63) is 58.9 Å². The first kappa shape index (κ1) is 21.4. The van der Waals surface area contributed by atoms with Crippen LogP contribution in [0.5, 0.6) is 0 Å². The SMILES string of the molecule is CCOC(=O)c1cnc(N2CCC(NCCc3c(C)[nH]c4ccccc34)CC2)c(C)c1. The summed E-state index contributed by atoms with van der Waals surface area (Å²) in [4.78, 5) is 22.3. The first-order valence-electron chi connectivity index (χ1n) is 11.2. The molecule has 0 saturated carbocycles. The molecule has 0 spiro atoms. The number of hydrogen-bond acceptors (Lipinski definition) is 5. The fourth-order valence-corrected chi connectivity index (χ4v) is 4.58. The number of fused-ring (bicyclic) bond motifs is 1. The maximum Gasteiger partial charge on any atom is 0.339 e. The number of hydrogen-bond donors (Lipinski definition) is 2. The molecule has 2 aromatic heterocycles. The number of esters is 1. The molecule has 1 aliphatic heterocycles. The standard InChI is InChI=1S/C25H32N4O2/c1-4-31-25(30)19-15-17(2)24(27-16-19)29-13-10-20(11-14-29)26-12-9-21-18(3)28-23-8-6-5-7-22(21)23/h5-8,15-16,20,26,28H,4,9-14H2,1-3H3. The molecule has 164 valence electrons. The maximum atomic E-state index is 11.9. The van der Waals surface area contributed by atoms with Crippen LogP contribution in [0, 0.1) is 13.8 Å². The molecule has 6 nitrogen and oxygen atoms in total. The van der Waals surface area contributed by atoms with E-state index in [0.29, 0.717) is 18.2 Å². The lowest BCUT2D eigenvalue weighted by atomic mass is 10.0. The van der Waals surface area contributed by atoms with Crippen LogP contribution in [0.4, 0.5) is 5.82 Å². The van der Waals surface area contributed by atoms with Crippen molar-refractivity contribution >= 4 is 22.7 Å². The third kappa shape index (κ3) is 4.74. The number of nitrogens with zero attached hydrogens (tertiary/aromatic N) is 2. The molecular weight excluding hydrogens is 388 g/mol. The van der Waals surface area contributed by atoms with Gasteiger partial charge in [0.2, 0.25) is 0 Å². The van der Waals surface area contributed by atoms with E-state index in [-0.39, 0.29) is 5.97 Å². The van der Waals surface area contributed by atoms with Gasteiger partial charge in [0.1, 0.15) is 5.82 Å². The number of H-pyrrole nitrogens is 1. The molecule has 3 heterocycles. The van der Waals surface area contributed by atoms with Gasteiger partial charge < -0.3 is 19.9 Å². The topological polar surface area (TPSA) is 70.2 Å². The van der Waals surface area contributed by atoms with E-state index in [1.807, 2.05) is 19.9 Å². The largest absolute Gasteiger partial charge is 0.462 e. The van der Waals surface area contributed by atoms with E-state index in [0.717, 1.165) is 50.3 Å². The van der Waals surface area contributed by atoms with Crippen LogP contribution in [0.3, 0.4) is 0 Å². The molecular formula is C25H32N4O2. The summed E-state index contributed by atoms with van der Waals surface area (Å²) in [5.41, 5.74) is 5.45. The lowest BCUT2D eigenvalue weighted by Gasteiger charge is -2.34. The Morgan fingerprint density at radius 3 is 2.77 bits per heavy atom. The van der Waals surface area contributed by atoms with Gasteiger partial charge in [0, 0.05) is 41.9 Å². The van der Waals surface area contributed by atoms with Crippen molar-refractivity contribution in [3.63, 3.8) is 0 Å². The Labute approximate surface area is 184 Å². The van der Waals surface area contributed by atoms with Crippen LogP contribution < -0.4 is 10.2 Å². The zero-order valence-corrected chi connectivity index (χ0v) is 18.7. The molecule has 2 N–H and O–H groups in total. The van der Waals surface area contributed by atoms with Gasteiger partial charge in [0.05, 0.1) is 12.2 Å². The van der Waals surface area contributed by atoms with Gasteiger partial charge in [-0.05, 0) is 69.8 Å². The molecule has 3 aromatic rings. The number of para-hydroxylation sites is 1. The van der Waals surface area contributed by atoms with E-state index >= 15 is 0 Å². The highest BCUT2D eigenvalue weighted by Crippen LogP contribution is 2.24. The average molecular weight is 421 g/mol. The number of aromatic nitrogens is 2. The van der Waals surface area contributed by atoms with Crippen LogP contribution in [0.2, 0.25) is 0 Å². The zero-order valence-electron chi connectivity index (χ0n) is 18.7. The summed E-state index contributed by atoms with van der Waals surface area (Å²) in [6, 6.07) is 10.9. The number of piperidine rings is 1. The second kappa shape index (κ2) is 9.52. The Hall–Kier alpha value is -2.86. The number of aromatic amines is 1. The Morgan fingerprint density at radius 2 is 2.03 bits per heavy atom. The molecule has 0 amide bonds. The van der Waals surface area contributed by atoms with Crippen molar-refractivity contribution in [2.45, 2.75) is 46.1 Å². The van der Waals surface area contributed by atoms with Crippen molar-refractivity contribution in [2.75, 3.05) is 31.1 Å². The highest BCUT2D eigenvalue weighted by Gasteiger charge is 2.22. The molecule has 0 unspecified atom stereocenters. The van der Waals surface area contributed by atoms with Gasteiger partial charge in [-0.25, -0.2) is 9.78 Å². The Kier molecular flexibility index (Phi) is 6.56. The predicted octanol–water partition coefficient (Wildman–Crippen LogP) is 4.16. The number of nitrogens with one attached hydrogen (secondary N) is 2. The molecule has 0 radical (unpaired) electrons. The number of anilines is 1. The summed E-state index contributed by atoms with van der Waals surface area (Å²) in [5, 5.41) is 5.09. The maximum absolute atomic E-state index is 11.9. The highest BCUT2D eigenvalue weighted by atomic mass is 16.5. The molecule has 4 rings (SSSR count). The van der Waals surface area contributed by atoms with Crippen LogP contribution >= 0.6 is 0 Å². The number of carbonyl (C=O) groups is 1. The summed E-state index contributed by atoms with van der Waals surface area (Å²) in [6.07, 6.45) is 4.85. The lowest BCUT2D eigenvalue weighted by Crippen LogP contribution is -2.43. The number of rotatable bonds is 7. The number of aryl methyl sites for hydroxylation is 2. The minimum atomic E-state index is -0.307. The number of pyridine rings is 1. The Morgan fingerprint density at radius 1 is 1.26 bits per heavy atom. The summed E-state index contributed by atoms with van der Waals surface area (Å²) < 4.78 is 5.07. The fraction of sp³-hybridized carbons (Fsp3) is 0.440. The minimum Gasteiger partial charge on any atom is -0.462 e. The normalized spacial score (nSPS) is 14.9. The molecule has 0 bridgehead atoms. The first-order valence-corrected chi connectivity index (χ1v) is 11.2. The van der Waals surface area contributed by atoms with Crippen LogP contribution in [-0.4, -0.2) is 48.2 Å². The second-order valence-corrected chi connectivity index (χ2v) is 8.32. The van der Waals surface area contributed by atoms with Gasteiger partial charge >= 0.3 is 5.97 Å². The summed E-state index contributed by atoms with van der Waals surface area (Å²) >= 11 is 0. The summed E-state index contributed by atoms with van der Waals surface area (Å²) in [5.74, 6) is 0.666. The van der Waals surface area contributed by atoms with Gasteiger partial charge in [0.25, 0.3) is 0 Å². The smallest absolute Gasteiger partial charge is 0.339 e. The van der Waals surface area contributed by atoms with Crippen molar-refractivity contribution in [1.82, 2.24) is 15.3 Å². The van der Waals surface area contributed by atoms with Gasteiger partial charge in [-0.3, -0.25) is 0 Å². The third-order valence-corrected chi connectivity index (χ3v) is 6.19. The molecule has 0 atom stereocenters. The molecule has 0 aliphatic carbocycles. The average Bonchev–Trinajstić information content (AvgIpc) is 3.09. The number of carbonyl (C=O) groups excluding carboxylic acids is 1. The number of benzene rings is 1. The Balaban J connectivity index is 1.29. The minimum absolute atomic E-state index is 0.307. The van der Waals surface area contributed by atoms with Crippen molar-refractivity contribution in [2.24, 2.45) is 0 Å². The van der Waals surface area contributed by atoms with E-state index in [4.69, 9.17) is 4.74 Å². The second-order valence-electron chi connectivity index (χ2n) is 8.32. The van der Waals surface area contributed by atoms with E-state index in [1.54, 1.807) is 6.20 Å². The van der Waals surface area contributed by atoms with Crippen molar-refractivity contribution in [3.8, 4) is 0 Å². The zero-order chi connectivity index (χ0) is 21.8. The van der Waals surface area contributed by atoms with Gasteiger partial charge in [-0.1, -0.05) is 18.2 Å². The van der Waals surface area contributed by atoms with E-state index in [2.05, 4.69) is 51.4 Å². The first-order chi connectivity index (χ1) is 15.1. The third-order valence-electron chi connectivity index (χ3n) is 6.19. The van der Waals surface area contributed by atoms with E-state index < -0.39 is 0 Å². The molecule has 6 heteroatoms. The lowest BCUT2D eigenvalue weighted by molar-refractivity contribution is 0.0526. The number of ether oxygens (including phenoxy) is 1. The molecule has 1 aromatic carbocycles. The summed E-state index contributed by atoms with van der Waals surface area (Å²) in [6.45, 7) is 9.29. The van der Waals surface area contributed by atoms with Crippen LogP contribution in [-0.2, 0) is 11.2 Å². The molecule has 1 aliphatic rings. The van der Waals surface area contributed by atoms with Gasteiger partial charge in [0.15, 0.2) is 0 Å². The predicted molar refractivity (Wildman–Crippen MR) is 125 cm³/mol. The van der Waals surface area contributed by atoms with Crippen LogP contribution in [0.15, 0.2) is 36.5 Å².